The molecule has 1 aromatic carbocycles. The molecular formula is C13H12Cl3N3O2. The van der Waals surface area contributed by atoms with E-state index in [1.165, 1.54) is 13.2 Å². The van der Waals surface area contributed by atoms with Gasteiger partial charge in [-0.3, -0.25) is 4.79 Å². The molecule has 8 heteroatoms. The van der Waals surface area contributed by atoms with E-state index in [0.29, 0.717) is 21.3 Å². The molecule has 0 aliphatic heterocycles. The Kier molecular flexibility index (Phi) is 5.11. The van der Waals surface area contributed by atoms with Crippen LogP contribution in [-0.2, 0) is 7.05 Å². The van der Waals surface area contributed by atoms with Crippen LogP contribution in [0.2, 0.25) is 15.1 Å². The highest BCUT2D eigenvalue weighted by atomic mass is 35.5. The lowest BCUT2D eigenvalue weighted by Gasteiger charge is -2.14. The first-order chi connectivity index (χ1) is 9.88. The van der Waals surface area contributed by atoms with Crippen molar-refractivity contribution in [3.63, 3.8) is 0 Å². The van der Waals surface area contributed by atoms with Crippen LogP contribution in [0.3, 0.4) is 0 Å². The second-order valence-electron chi connectivity index (χ2n) is 4.40. The number of aliphatic hydroxyl groups is 1. The molecule has 1 unspecified atom stereocenters. The van der Waals surface area contributed by atoms with E-state index in [0.717, 1.165) is 4.68 Å². The summed E-state index contributed by atoms with van der Waals surface area (Å²) in [5.74, 6) is 0. The van der Waals surface area contributed by atoms with Crippen molar-refractivity contribution in [3.8, 4) is 0 Å². The molecule has 0 saturated heterocycles. The summed E-state index contributed by atoms with van der Waals surface area (Å²) in [7, 11) is 1.50. The number of aromatic nitrogens is 2. The Morgan fingerprint density at radius 2 is 1.90 bits per heavy atom. The predicted octanol–water partition coefficient (Wildman–Crippen LogP) is 2.89. The number of aryl methyl sites for hydroxylation is 1. The summed E-state index contributed by atoms with van der Waals surface area (Å²) in [4.78, 5) is 11.6. The van der Waals surface area contributed by atoms with Crippen LogP contribution in [0.4, 0.5) is 5.69 Å². The molecule has 21 heavy (non-hydrogen) atoms. The fourth-order valence-electron chi connectivity index (χ4n) is 1.73. The molecule has 2 aromatic rings. The van der Waals surface area contributed by atoms with Crippen molar-refractivity contribution in [1.82, 2.24) is 9.78 Å². The summed E-state index contributed by atoms with van der Waals surface area (Å²) in [6.07, 6.45) is 0.558. The Balaban J connectivity index is 2.13. The zero-order chi connectivity index (χ0) is 15.6. The van der Waals surface area contributed by atoms with Crippen LogP contribution < -0.4 is 10.9 Å². The Hall–Kier alpha value is -1.27. The zero-order valence-corrected chi connectivity index (χ0v) is 13.2. The van der Waals surface area contributed by atoms with Gasteiger partial charge in [-0.25, -0.2) is 4.68 Å². The second kappa shape index (κ2) is 6.66. The van der Waals surface area contributed by atoms with E-state index in [1.54, 1.807) is 18.2 Å². The number of hydrogen-bond acceptors (Lipinski definition) is 4. The molecule has 0 spiro atoms. The van der Waals surface area contributed by atoms with Crippen LogP contribution in [0.25, 0.3) is 0 Å². The molecule has 5 nitrogen and oxygen atoms in total. The smallest absolute Gasteiger partial charge is 0.287 e. The lowest BCUT2D eigenvalue weighted by atomic mass is 10.1. The third-order valence-electron chi connectivity index (χ3n) is 2.83. The van der Waals surface area contributed by atoms with Gasteiger partial charge in [-0.15, -0.1) is 0 Å². The fourth-order valence-corrected chi connectivity index (χ4v) is 2.51. The lowest BCUT2D eigenvalue weighted by Crippen LogP contribution is -2.22. The van der Waals surface area contributed by atoms with Crippen LogP contribution in [0.15, 0.2) is 29.2 Å². The SMILES string of the molecule is Cn1ncc(NCC(O)c2cc(Cl)cc(Cl)c2)c(Cl)c1=O. The van der Waals surface area contributed by atoms with Gasteiger partial charge in [-0.2, -0.15) is 5.10 Å². The molecule has 2 N–H and O–H groups in total. The largest absolute Gasteiger partial charge is 0.387 e. The first-order valence-electron chi connectivity index (χ1n) is 5.98. The van der Waals surface area contributed by atoms with Crippen molar-refractivity contribution in [2.75, 3.05) is 11.9 Å². The van der Waals surface area contributed by atoms with Crippen LogP contribution in [0.1, 0.15) is 11.7 Å². The van der Waals surface area contributed by atoms with Gasteiger partial charge in [0.15, 0.2) is 0 Å². The summed E-state index contributed by atoms with van der Waals surface area (Å²) in [6, 6.07) is 4.81. The van der Waals surface area contributed by atoms with Crippen molar-refractivity contribution in [2.45, 2.75) is 6.10 Å². The summed E-state index contributed by atoms with van der Waals surface area (Å²) in [5.41, 5.74) is 0.502. The highest BCUT2D eigenvalue weighted by Crippen LogP contribution is 2.24. The maximum atomic E-state index is 11.6. The molecule has 0 aliphatic carbocycles. The van der Waals surface area contributed by atoms with Crippen molar-refractivity contribution in [2.24, 2.45) is 7.05 Å². The quantitative estimate of drug-likeness (QED) is 0.891. The third-order valence-corrected chi connectivity index (χ3v) is 3.64. The second-order valence-corrected chi connectivity index (χ2v) is 5.65. The van der Waals surface area contributed by atoms with Gasteiger partial charge in [0.05, 0.1) is 18.0 Å². The lowest BCUT2D eigenvalue weighted by molar-refractivity contribution is 0.191. The fraction of sp³-hybridized carbons (Fsp3) is 0.231. The molecule has 0 fully saturated rings. The summed E-state index contributed by atoms with van der Waals surface area (Å²) < 4.78 is 1.13. The Morgan fingerprint density at radius 1 is 1.29 bits per heavy atom. The minimum absolute atomic E-state index is 0.0174. The van der Waals surface area contributed by atoms with Crippen LogP contribution >= 0.6 is 34.8 Å². The number of anilines is 1. The normalized spacial score (nSPS) is 12.2. The van der Waals surface area contributed by atoms with Gasteiger partial charge >= 0.3 is 0 Å². The van der Waals surface area contributed by atoms with Crippen LogP contribution in [0, 0.1) is 0 Å². The van der Waals surface area contributed by atoms with Gasteiger partial charge in [0, 0.05) is 23.6 Å². The van der Waals surface area contributed by atoms with Gasteiger partial charge < -0.3 is 10.4 Å². The maximum Gasteiger partial charge on any atom is 0.287 e. The first-order valence-corrected chi connectivity index (χ1v) is 7.11. The summed E-state index contributed by atoms with van der Waals surface area (Å²) >= 11 is 17.7. The van der Waals surface area contributed by atoms with Crippen LogP contribution in [-0.4, -0.2) is 21.4 Å². The van der Waals surface area contributed by atoms with Gasteiger partial charge in [0.1, 0.15) is 5.02 Å². The molecule has 0 aliphatic rings. The number of halogens is 3. The predicted molar refractivity (Wildman–Crippen MR) is 84.4 cm³/mol. The van der Waals surface area contributed by atoms with Crippen LogP contribution in [0.5, 0.6) is 0 Å². The van der Waals surface area contributed by atoms with Crippen molar-refractivity contribution >= 4 is 40.5 Å². The molecule has 1 atom stereocenters. The van der Waals surface area contributed by atoms with Crippen molar-refractivity contribution < 1.29 is 5.11 Å². The van der Waals surface area contributed by atoms with E-state index in [9.17, 15) is 9.90 Å². The Bertz CT molecular complexity index is 698. The van der Waals surface area contributed by atoms with E-state index in [-0.39, 0.29) is 11.6 Å². The molecule has 1 aromatic heterocycles. The third kappa shape index (κ3) is 3.89. The number of aliphatic hydroxyl groups excluding tert-OH is 1. The summed E-state index contributed by atoms with van der Waals surface area (Å²) in [5, 5.41) is 17.7. The monoisotopic (exact) mass is 347 g/mol. The average molecular weight is 349 g/mol. The zero-order valence-electron chi connectivity index (χ0n) is 11.0. The van der Waals surface area contributed by atoms with E-state index in [1.807, 2.05) is 0 Å². The molecular weight excluding hydrogens is 337 g/mol. The van der Waals surface area contributed by atoms with Gasteiger partial charge in [-0.05, 0) is 23.8 Å². The molecule has 0 bridgehead atoms. The van der Waals surface area contributed by atoms with Gasteiger partial charge in [-0.1, -0.05) is 34.8 Å². The van der Waals surface area contributed by atoms with Gasteiger partial charge in [0.25, 0.3) is 5.56 Å². The Labute approximate surface area is 136 Å². The van der Waals surface area contributed by atoms with E-state index in [2.05, 4.69) is 10.4 Å². The summed E-state index contributed by atoms with van der Waals surface area (Å²) in [6.45, 7) is 0.130. The average Bonchev–Trinajstić information content (AvgIpc) is 2.42. The topological polar surface area (TPSA) is 67.2 Å². The van der Waals surface area contributed by atoms with E-state index in [4.69, 9.17) is 34.8 Å². The molecule has 2 rings (SSSR count). The van der Waals surface area contributed by atoms with Crippen molar-refractivity contribution in [1.29, 1.82) is 0 Å². The molecule has 0 saturated carbocycles. The minimum Gasteiger partial charge on any atom is -0.387 e. The number of hydrogen-bond donors (Lipinski definition) is 2. The molecule has 0 radical (unpaired) electrons. The molecule has 1 heterocycles. The maximum absolute atomic E-state index is 11.6. The standard InChI is InChI=1S/C13H12Cl3N3O2/c1-19-13(21)12(16)10(5-18-19)17-6-11(20)7-2-8(14)4-9(15)3-7/h2-5,11,17,20H,6H2,1H3. The molecule has 0 amide bonds. The number of nitrogens with one attached hydrogen (secondary N) is 1. The highest BCUT2D eigenvalue weighted by molar-refractivity contribution is 6.34. The minimum atomic E-state index is -0.860. The van der Waals surface area contributed by atoms with Gasteiger partial charge in [0.2, 0.25) is 0 Å². The Morgan fingerprint density at radius 3 is 2.52 bits per heavy atom. The van der Waals surface area contributed by atoms with E-state index < -0.39 is 11.7 Å². The molecule has 112 valence electrons. The highest BCUT2D eigenvalue weighted by Gasteiger charge is 2.12. The number of rotatable bonds is 4. The number of nitrogens with zero attached hydrogens (tertiary/aromatic N) is 2. The van der Waals surface area contributed by atoms with Crippen molar-refractivity contribution in [3.05, 3.63) is 55.4 Å². The number of benzene rings is 1. The van der Waals surface area contributed by atoms with E-state index >= 15 is 0 Å². The first kappa shape index (κ1) is 16.1.